The van der Waals surface area contributed by atoms with E-state index in [0.717, 1.165) is 41.5 Å². The standard InChI is InChI=1S/C17H23NO3/c1-3-4-5-12(11-19)8-15-14-9-13(21-2)6-7-16(14)18-10-17(15)20/h6-7,9-10,12,19-20H,3-5,8,11H2,1-2H3. The van der Waals surface area contributed by atoms with E-state index in [1.165, 1.54) is 6.20 Å². The second-order valence-electron chi connectivity index (χ2n) is 5.40. The van der Waals surface area contributed by atoms with E-state index in [2.05, 4.69) is 11.9 Å². The van der Waals surface area contributed by atoms with Crippen LogP contribution in [0.5, 0.6) is 11.5 Å². The number of hydrogen-bond donors (Lipinski definition) is 2. The van der Waals surface area contributed by atoms with Crippen molar-refractivity contribution in [2.24, 2.45) is 5.92 Å². The number of ether oxygens (including phenoxy) is 1. The van der Waals surface area contributed by atoms with E-state index in [0.29, 0.717) is 6.42 Å². The number of unbranched alkanes of at least 4 members (excludes halogenated alkanes) is 1. The number of aromatic nitrogens is 1. The average molecular weight is 289 g/mol. The number of rotatable bonds is 7. The van der Waals surface area contributed by atoms with Gasteiger partial charge in [-0.15, -0.1) is 0 Å². The first-order chi connectivity index (χ1) is 10.2. The fraction of sp³-hybridized carbons (Fsp3) is 0.471. The molecule has 1 heterocycles. The predicted octanol–water partition coefficient (Wildman–Crippen LogP) is 3.29. The van der Waals surface area contributed by atoms with Crippen molar-refractivity contribution in [2.75, 3.05) is 13.7 Å². The summed E-state index contributed by atoms with van der Waals surface area (Å²) in [5.74, 6) is 1.09. The molecule has 2 rings (SSSR count). The van der Waals surface area contributed by atoms with Crippen molar-refractivity contribution >= 4 is 10.9 Å². The third-order valence-electron chi connectivity index (χ3n) is 3.88. The van der Waals surface area contributed by atoms with E-state index in [-0.39, 0.29) is 18.3 Å². The Hall–Kier alpha value is -1.81. The second kappa shape index (κ2) is 7.27. The number of aliphatic hydroxyl groups excluding tert-OH is 1. The van der Waals surface area contributed by atoms with Gasteiger partial charge in [0.25, 0.3) is 0 Å². The van der Waals surface area contributed by atoms with Gasteiger partial charge in [-0.3, -0.25) is 4.98 Å². The maximum Gasteiger partial charge on any atom is 0.137 e. The van der Waals surface area contributed by atoms with Crippen molar-refractivity contribution in [3.63, 3.8) is 0 Å². The summed E-state index contributed by atoms with van der Waals surface area (Å²) in [5, 5.41) is 20.6. The monoisotopic (exact) mass is 289 g/mol. The highest BCUT2D eigenvalue weighted by Crippen LogP contribution is 2.31. The molecule has 1 aromatic heterocycles. The van der Waals surface area contributed by atoms with Gasteiger partial charge in [-0.25, -0.2) is 0 Å². The number of hydrogen-bond acceptors (Lipinski definition) is 4. The topological polar surface area (TPSA) is 62.6 Å². The molecule has 0 aliphatic rings. The maximum absolute atomic E-state index is 10.2. The smallest absolute Gasteiger partial charge is 0.137 e. The minimum absolute atomic E-state index is 0.132. The number of fused-ring (bicyclic) bond motifs is 1. The molecular formula is C17H23NO3. The first-order valence-electron chi connectivity index (χ1n) is 7.45. The molecule has 0 amide bonds. The molecule has 1 atom stereocenters. The Labute approximate surface area is 125 Å². The largest absolute Gasteiger partial charge is 0.506 e. The molecule has 2 aromatic rings. The summed E-state index contributed by atoms with van der Waals surface area (Å²) < 4.78 is 5.25. The van der Waals surface area contributed by atoms with Crippen LogP contribution in [-0.2, 0) is 6.42 Å². The van der Waals surface area contributed by atoms with Crippen LogP contribution in [-0.4, -0.2) is 28.9 Å². The zero-order chi connectivity index (χ0) is 15.2. The van der Waals surface area contributed by atoms with Crippen LogP contribution < -0.4 is 4.74 Å². The Balaban J connectivity index is 2.38. The molecule has 0 radical (unpaired) electrons. The molecule has 114 valence electrons. The number of pyridine rings is 1. The molecule has 0 fully saturated rings. The number of nitrogens with zero attached hydrogens (tertiary/aromatic N) is 1. The summed E-state index contributed by atoms with van der Waals surface area (Å²) in [6, 6.07) is 5.64. The van der Waals surface area contributed by atoms with Gasteiger partial charge in [-0.2, -0.15) is 0 Å². The quantitative estimate of drug-likeness (QED) is 0.821. The molecule has 1 unspecified atom stereocenters. The van der Waals surface area contributed by atoms with Gasteiger partial charge in [-0.1, -0.05) is 19.8 Å². The maximum atomic E-state index is 10.2. The molecule has 4 nitrogen and oxygen atoms in total. The highest BCUT2D eigenvalue weighted by atomic mass is 16.5. The Bertz CT molecular complexity index is 598. The predicted molar refractivity (Wildman–Crippen MR) is 83.8 cm³/mol. The van der Waals surface area contributed by atoms with E-state index in [1.807, 2.05) is 18.2 Å². The lowest BCUT2D eigenvalue weighted by molar-refractivity contribution is 0.215. The SMILES string of the molecule is CCCCC(CO)Cc1c(O)cnc2ccc(OC)cc12. The van der Waals surface area contributed by atoms with Gasteiger partial charge in [0.1, 0.15) is 11.5 Å². The van der Waals surface area contributed by atoms with Crippen LogP contribution >= 0.6 is 0 Å². The van der Waals surface area contributed by atoms with Crippen molar-refractivity contribution in [3.05, 3.63) is 30.0 Å². The molecule has 0 saturated heterocycles. The van der Waals surface area contributed by atoms with Crippen LogP contribution in [0.4, 0.5) is 0 Å². The third kappa shape index (κ3) is 3.64. The zero-order valence-electron chi connectivity index (χ0n) is 12.7. The fourth-order valence-corrected chi connectivity index (χ4v) is 2.60. The van der Waals surface area contributed by atoms with E-state index in [1.54, 1.807) is 7.11 Å². The molecule has 21 heavy (non-hydrogen) atoms. The summed E-state index contributed by atoms with van der Waals surface area (Å²) >= 11 is 0. The molecule has 0 spiro atoms. The van der Waals surface area contributed by atoms with Crippen LogP contribution in [0, 0.1) is 5.92 Å². The van der Waals surface area contributed by atoms with Gasteiger partial charge in [-0.05, 0) is 37.0 Å². The number of methoxy groups -OCH3 is 1. The van der Waals surface area contributed by atoms with Gasteiger partial charge in [0.05, 0.1) is 18.8 Å². The van der Waals surface area contributed by atoms with Gasteiger partial charge < -0.3 is 14.9 Å². The first-order valence-corrected chi connectivity index (χ1v) is 7.45. The van der Waals surface area contributed by atoms with Crippen molar-refractivity contribution in [3.8, 4) is 11.5 Å². The Morgan fingerprint density at radius 3 is 2.81 bits per heavy atom. The second-order valence-corrected chi connectivity index (χ2v) is 5.40. The zero-order valence-corrected chi connectivity index (χ0v) is 12.7. The van der Waals surface area contributed by atoms with Gasteiger partial charge in [0.15, 0.2) is 0 Å². The third-order valence-corrected chi connectivity index (χ3v) is 3.88. The molecular weight excluding hydrogens is 266 g/mol. The van der Waals surface area contributed by atoms with Gasteiger partial charge in [0, 0.05) is 17.6 Å². The normalized spacial score (nSPS) is 12.5. The van der Waals surface area contributed by atoms with Crippen molar-refractivity contribution in [2.45, 2.75) is 32.6 Å². The van der Waals surface area contributed by atoms with Crippen LogP contribution in [0.15, 0.2) is 24.4 Å². The number of benzene rings is 1. The number of aromatic hydroxyl groups is 1. The van der Waals surface area contributed by atoms with E-state index in [4.69, 9.17) is 4.74 Å². The summed E-state index contributed by atoms with van der Waals surface area (Å²) in [7, 11) is 1.62. The summed E-state index contributed by atoms with van der Waals surface area (Å²) in [6.45, 7) is 2.27. The first kappa shape index (κ1) is 15.6. The fourth-order valence-electron chi connectivity index (χ4n) is 2.60. The van der Waals surface area contributed by atoms with Crippen molar-refractivity contribution < 1.29 is 14.9 Å². The molecule has 1 aromatic carbocycles. The minimum atomic E-state index is 0.132. The van der Waals surface area contributed by atoms with Crippen LogP contribution in [0.3, 0.4) is 0 Å². The van der Waals surface area contributed by atoms with Crippen LogP contribution in [0.1, 0.15) is 31.7 Å². The lowest BCUT2D eigenvalue weighted by Crippen LogP contribution is -2.10. The Morgan fingerprint density at radius 2 is 2.14 bits per heavy atom. The molecule has 0 bridgehead atoms. The molecule has 4 heteroatoms. The highest BCUT2D eigenvalue weighted by Gasteiger charge is 2.15. The lowest BCUT2D eigenvalue weighted by atomic mass is 9.92. The Morgan fingerprint density at radius 1 is 1.33 bits per heavy atom. The minimum Gasteiger partial charge on any atom is -0.506 e. The van der Waals surface area contributed by atoms with Crippen molar-refractivity contribution in [1.29, 1.82) is 0 Å². The lowest BCUT2D eigenvalue weighted by Gasteiger charge is -2.16. The van der Waals surface area contributed by atoms with E-state index in [9.17, 15) is 10.2 Å². The van der Waals surface area contributed by atoms with Gasteiger partial charge in [0.2, 0.25) is 0 Å². The summed E-state index contributed by atoms with van der Waals surface area (Å²) in [4.78, 5) is 4.24. The van der Waals surface area contributed by atoms with Gasteiger partial charge >= 0.3 is 0 Å². The van der Waals surface area contributed by atoms with Crippen molar-refractivity contribution in [1.82, 2.24) is 4.98 Å². The number of aliphatic hydroxyl groups is 1. The van der Waals surface area contributed by atoms with E-state index >= 15 is 0 Å². The Kier molecular flexibility index (Phi) is 5.39. The summed E-state index contributed by atoms with van der Waals surface area (Å²) in [5.41, 5.74) is 1.67. The average Bonchev–Trinajstić information content (AvgIpc) is 2.52. The molecule has 0 aliphatic heterocycles. The van der Waals surface area contributed by atoms with Crippen LogP contribution in [0.2, 0.25) is 0 Å². The van der Waals surface area contributed by atoms with E-state index < -0.39 is 0 Å². The highest BCUT2D eigenvalue weighted by molar-refractivity contribution is 5.85. The molecule has 0 aliphatic carbocycles. The summed E-state index contributed by atoms with van der Waals surface area (Å²) in [6.07, 6.45) is 5.28. The molecule has 2 N–H and O–H groups in total. The van der Waals surface area contributed by atoms with Crippen LogP contribution in [0.25, 0.3) is 10.9 Å². The molecule has 0 saturated carbocycles.